The first-order valence-corrected chi connectivity index (χ1v) is 10.4. The summed E-state index contributed by atoms with van der Waals surface area (Å²) in [7, 11) is 0. The predicted octanol–water partition coefficient (Wildman–Crippen LogP) is 4.31. The molecule has 0 amide bonds. The lowest BCUT2D eigenvalue weighted by Crippen LogP contribution is -2.57. The molecule has 0 aromatic heterocycles. The summed E-state index contributed by atoms with van der Waals surface area (Å²) in [5.41, 5.74) is 1.12. The van der Waals surface area contributed by atoms with Crippen molar-refractivity contribution in [3.05, 3.63) is 0 Å². The molecular formula is C21H33NO2. The van der Waals surface area contributed by atoms with Crippen LogP contribution in [0.5, 0.6) is 0 Å². The van der Waals surface area contributed by atoms with E-state index >= 15 is 0 Å². The lowest BCUT2D eigenvalue weighted by atomic mass is 9.46. The van der Waals surface area contributed by atoms with Gasteiger partial charge in [-0.15, -0.1) is 0 Å². The fourth-order valence-corrected chi connectivity index (χ4v) is 9.19. The van der Waals surface area contributed by atoms with E-state index in [1.54, 1.807) is 0 Å². The average Bonchev–Trinajstić information content (AvgIpc) is 3.16. The molecule has 3 aliphatic heterocycles. The Morgan fingerprint density at radius 1 is 1.21 bits per heavy atom. The van der Waals surface area contributed by atoms with Crippen molar-refractivity contribution in [1.29, 1.82) is 0 Å². The van der Waals surface area contributed by atoms with Crippen LogP contribution in [0, 0.1) is 28.6 Å². The molecule has 3 heteroatoms. The van der Waals surface area contributed by atoms with Crippen molar-refractivity contribution in [2.45, 2.75) is 96.2 Å². The van der Waals surface area contributed by atoms with Gasteiger partial charge in [0.05, 0.1) is 0 Å². The highest BCUT2D eigenvalue weighted by atomic mass is 16.4. The second kappa shape index (κ2) is 4.58. The van der Waals surface area contributed by atoms with E-state index in [0.29, 0.717) is 23.4 Å². The van der Waals surface area contributed by atoms with E-state index in [9.17, 15) is 9.90 Å². The van der Waals surface area contributed by atoms with Gasteiger partial charge >= 0.3 is 5.97 Å². The van der Waals surface area contributed by atoms with Crippen molar-refractivity contribution >= 4 is 5.97 Å². The Kier molecular flexibility index (Phi) is 2.99. The predicted molar refractivity (Wildman–Crippen MR) is 93.7 cm³/mol. The van der Waals surface area contributed by atoms with Crippen LogP contribution in [0.1, 0.15) is 78.6 Å². The van der Waals surface area contributed by atoms with Gasteiger partial charge in [-0.3, -0.25) is 9.69 Å². The van der Waals surface area contributed by atoms with E-state index in [2.05, 4.69) is 25.7 Å². The fourth-order valence-electron chi connectivity index (χ4n) is 9.19. The Morgan fingerprint density at radius 2 is 2.00 bits per heavy atom. The third-order valence-corrected chi connectivity index (χ3v) is 9.71. The molecule has 4 bridgehead atoms. The molecular weight excluding hydrogens is 298 g/mol. The number of piperidine rings is 1. The quantitative estimate of drug-likeness (QED) is 0.834. The molecule has 0 aromatic carbocycles. The van der Waals surface area contributed by atoms with E-state index in [0.717, 1.165) is 30.2 Å². The van der Waals surface area contributed by atoms with Gasteiger partial charge in [-0.25, -0.2) is 0 Å². The first-order valence-electron chi connectivity index (χ1n) is 10.4. The molecule has 134 valence electrons. The number of aliphatic carboxylic acids is 1. The lowest BCUT2D eigenvalue weighted by molar-refractivity contribution is -0.140. The molecule has 5 aliphatic rings. The van der Waals surface area contributed by atoms with Crippen molar-refractivity contribution in [2.24, 2.45) is 28.6 Å². The van der Waals surface area contributed by atoms with Gasteiger partial charge in [0, 0.05) is 24.0 Å². The van der Waals surface area contributed by atoms with Gasteiger partial charge in [0.15, 0.2) is 0 Å². The van der Waals surface area contributed by atoms with Crippen LogP contribution in [0.4, 0.5) is 0 Å². The first-order chi connectivity index (χ1) is 11.4. The van der Waals surface area contributed by atoms with Gasteiger partial charge in [0.25, 0.3) is 0 Å². The molecule has 1 N–H and O–H groups in total. The summed E-state index contributed by atoms with van der Waals surface area (Å²) in [5, 5.41) is 9.49. The SMILES string of the molecule is CC(C)[C@H]1CC[C@@]2(C)[C@@H]3CC[C@]45CCC[C@H]4[C@@]2(CCC(=O)O)[C@H]1N35. The molecule has 0 radical (unpaired) electrons. The molecule has 24 heavy (non-hydrogen) atoms. The summed E-state index contributed by atoms with van der Waals surface area (Å²) in [5.74, 6) is 1.69. The summed E-state index contributed by atoms with van der Waals surface area (Å²) in [6.45, 7) is 7.38. The Bertz CT molecular complexity index is 588. The number of rotatable bonds is 4. The number of hydrogen-bond donors (Lipinski definition) is 1. The molecule has 2 aliphatic carbocycles. The molecule has 2 saturated carbocycles. The summed E-state index contributed by atoms with van der Waals surface area (Å²) >= 11 is 0. The van der Waals surface area contributed by atoms with Gasteiger partial charge in [-0.1, -0.05) is 27.2 Å². The molecule has 5 fully saturated rings. The lowest BCUT2D eigenvalue weighted by Gasteiger charge is -2.57. The maximum absolute atomic E-state index is 11.5. The van der Waals surface area contributed by atoms with Crippen molar-refractivity contribution in [3.8, 4) is 0 Å². The Hall–Kier alpha value is -0.570. The monoisotopic (exact) mass is 331 g/mol. The Balaban J connectivity index is 1.69. The van der Waals surface area contributed by atoms with Crippen molar-refractivity contribution in [3.63, 3.8) is 0 Å². The van der Waals surface area contributed by atoms with E-state index in [4.69, 9.17) is 0 Å². The van der Waals surface area contributed by atoms with Crippen LogP contribution in [0.3, 0.4) is 0 Å². The number of carboxylic acids is 1. The van der Waals surface area contributed by atoms with Crippen LogP contribution >= 0.6 is 0 Å². The van der Waals surface area contributed by atoms with Crippen molar-refractivity contribution in [1.82, 2.24) is 4.90 Å². The van der Waals surface area contributed by atoms with Gasteiger partial charge in [-0.2, -0.15) is 0 Å². The highest BCUT2D eigenvalue weighted by Gasteiger charge is 2.84. The van der Waals surface area contributed by atoms with Gasteiger partial charge in [-0.05, 0) is 73.5 Å². The largest absolute Gasteiger partial charge is 0.481 e. The Morgan fingerprint density at radius 3 is 2.71 bits per heavy atom. The number of hydrogen-bond acceptors (Lipinski definition) is 2. The number of carbonyl (C=O) groups is 1. The number of carboxylic acid groups (broad SMARTS) is 1. The Labute approximate surface area is 146 Å². The molecule has 0 aromatic rings. The average molecular weight is 332 g/mol. The van der Waals surface area contributed by atoms with Crippen molar-refractivity contribution < 1.29 is 9.90 Å². The minimum atomic E-state index is -0.586. The minimum Gasteiger partial charge on any atom is -0.481 e. The maximum atomic E-state index is 11.5. The molecule has 3 heterocycles. The van der Waals surface area contributed by atoms with Crippen LogP contribution in [-0.2, 0) is 4.79 Å². The van der Waals surface area contributed by atoms with Crippen LogP contribution in [0.2, 0.25) is 0 Å². The van der Waals surface area contributed by atoms with E-state index < -0.39 is 5.97 Å². The van der Waals surface area contributed by atoms with E-state index in [1.807, 2.05) is 0 Å². The third kappa shape index (κ3) is 1.42. The normalized spacial score (nSPS) is 54.7. The van der Waals surface area contributed by atoms with E-state index in [-0.39, 0.29) is 5.41 Å². The zero-order valence-corrected chi connectivity index (χ0v) is 15.6. The van der Waals surface area contributed by atoms with Gasteiger partial charge in [0.1, 0.15) is 0 Å². The zero-order chi connectivity index (χ0) is 16.9. The maximum Gasteiger partial charge on any atom is 0.303 e. The smallest absolute Gasteiger partial charge is 0.303 e. The second-order valence-electron chi connectivity index (χ2n) is 10.3. The molecule has 3 saturated heterocycles. The van der Waals surface area contributed by atoms with E-state index in [1.165, 1.54) is 44.9 Å². The standard InChI is InChI=1S/C21H33NO2/c1-13(2)14-6-10-19(3)16-7-11-20-9-4-5-15(20)21(19,12-8-17(23)24)18(14)22(16)20/h13-16,18H,4-12H2,1-3H3,(H,23,24)/t14-,15-,16+,18+,19+,20-,21+/m1/s1. The molecule has 0 unspecified atom stereocenters. The molecule has 5 rings (SSSR count). The highest BCUT2D eigenvalue weighted by molar-refractivity contribution is 5.67. The molecule has 7 atom stereocenters. The van der Waals surface area contributed by atoms with Crippen LogP contribution in [0.15, 0.2) is 0 Å². The second-order valence-corrected chi connectivity index (χ2v) is 10.3. The van der Waals surface area contributed by atoms with Crippen LogP contribution < -0.4 is 0 Å². The third-order valence-electron chi connectivity index (χ3n) is 9.71. The highest BCUT2D eigenvalue weighted by Crippen LogP contribution is 2.82. The molecule has 1 spiro atoms. The van der Waals surface area contributed by atoms with Gasteiger partial charge < -0.3 is 5.11 Å². The summed E-state index contributed by atoms with van der Waals surface area (Å²) in [4.78, 5) is 14.6. The first kappa shape index (κ1) is 15.7. The summed E-state index contributed by atoms with van der Waals surface area (Å²) in [6, 6.07) is 1.42. The van der Waals surface area contributed by atoms with Crippen LogP contribution in [0.25, 0.3) is 0 Å². The van der Waals surface area contributed by atoms with Crippen LogP contribution in [-0.4, -0.2) is 33.6 Å². The number of fused-ring (bicyclic) bond motifs is 1. The van der Waals surface area contributed by atoms with Crippen molar-refractivity contribution in [2.75, 3.05) is 0 Å². The zero-order valence-electron chi connectivity index (χ0n) is 15.6. The van der Waals surface area contributed by atoms with Gasteiger partial charge in [0.2, 0.25) is 0 Å². The number of nitrogens with zero attached hydrogens (tertiary/aromatic N) is 1. The summed E-state index contributed by atoms with van der Waals surface area (Å²) in [6.07, 6.45) is 10.9. The summed E-state index contributed by atoms with van der Waals surface area (Å²) < 4.78 is 0. The fraction of sp³-hybridized carbons (Fsp3) is 0.952. The molecule has 3 nitrogen and oxygen atoms in total. The topological polar surface area (TPSA) is 40.5 Å². The minimum absolute atomic E-state index is 0.288.